The van der Waals surface area contributed by atoms with Crippen molar-refractivity contribution in [3.05, 3.63) is 22.5 Å². The molecule has 126 valence electrons. The third kappa shape index (κ3) is 4.23. The number of nitrogens with zero attached hydrogens (tertiary/aromatic N) is 1. The summed E-state index contributed by atoms with van der Waals surface area (Å²) in [6, 6.07) is 0. The summed E-state index contributed by atoms with van der Waals surface area (Å²) in [4.78, 5) is 16.9. The SMILES string of the molecule is Cc1c(C2CC2)nc(C2CC2)c(C)c1NC(=O)OCC(Cl)(Cl)Cl. The molecule has 1 amide bonds. The molecule has 2 aliphatic rings. The van der Waals surface area contributed by atoms with Crippen molar-refractivity contribution in [2.24, 2.45) is 0 Å². The Morgan fingerprint density at radius 3 is 2.00 bits per heavy atom. The van der Waals surface area contributed by atoms with E-state index in [1.54, 1.807) is 0 Å². The van der Waals surface area contributed by atoms with Gasteiger partial charge < -0.3 is 4.74 Å². The van der Waals surface area contributed by atoms with E-state index >= 15 is 0 Å². The summed E-state index contributed by atoms with van der Waals surface area (Å²) in [7, 11) is 0. The number of carbonyl (C=O) groups is 1. The number of aromatic nitrogens is 1. The number of halogens is 3. The molecule has 1 N–H and O–H groups in total. The third-order valence-electron chi connectivity index (χ3n) is 4.28. The molecule has 1 aromatic rings. The molecule has 2 aliphatic carbocycles. The van der Waals surface area contributed by atoms with Gasteiger partial charge in [-0.1, -0.05) is 34.8 Å². The van der Waals surface area contributed by atoms with E-state index in [1.807, 2.05) is 13.8 Å². The largest absolute Gasteiger partial charge is 0.445 e. The van der Waals surface area contributed by atoms with Crippen LogP contribution in [0.3, 0.4) is 0 Å². The molecule has 0 unspecified atom stereocenters. The van der Waals surface area contributed by atoms with Crippen molar-refractivity contribution < 1.29 is 9.53 Å². The first kappa shape index (κ1) is 17.1. The Kier molecular flexibility index (Phi) is 4.69. The first-order valence-corrected chi connectivity index (χ1v) is 8.91. The molecule has 7 heteroatoms. The highest BCUT2D eigenvalue weighted by molar-refractivity contribution is 6.67. The lowest BCUT2D eigenvalue weighted by molar-refractivity contribution is 0.164. The van der Waals surface area contributed by atoms with Gasteiger partial charge in [0.05, 0.1) is 5.69 Å². The molecule has 2 fully saturated rings. The molecule has 1 aromatic heterocycles. The molecule has 23 heavy (non-hydrogen) atoms. The van der Waals surface area contributed by atoms with Crippen LogP contribution in [0.1, 0.15) is 60.0 Å². The Hall–Kier alpha value is -0.710. The first-order valence-electron chi connectivity index (χ1n) is 7.77. The molecule has 0 aromatic carbocycles. The molecule has 0 radical (unpaired) electrons. The summed E-state index contributed by atoms with van der Waals surface area (Å²) in [6.45, 7) is 3.70. The van der Waals surface area contributed by atoms with Gasteiger partial charge in [0.1, 0.15) is 6.61 Å². The van der Waals surface area contributed by atoms with Gasteiger partial charge in [0, 0.05) is 23.2 Å². The fraction of sp³-hybridized carbons (Fsp3) is 0.625. The Balaban J connectivity index is 1.83. The lowest BCUT2D eigenvalue weighted by Gasteiger charge is -2.19. The molecule has 4 nitrogen and oxygen atoms in total. The molecule has 3 rings (SSSR count). The zero-order valence-corrected chi connectivity index (χ0v) is 15.4. The standard InChI is InChI=1S/C16H19Cl3N2O2/c1-8-12(21-15(22)23-7-16(17,18)19)9(2)14(11-5-6-11)20-13(8)10-3-4-10/h10-11H,3-7H2,1-2H3,(H,20,21,22). The van der Waals surface area contributed by atoms with Crippen molar-refractivity contribution >= 4 is 46.6 Å². The fourth-order valence-electron chi connectivity index (χ4n) is 2.82. The number of hydrogen-bond donors (Lipinski definition) is 1. The van der Waals surface area contributed by atoms with E-state index in [4.69, 9.17) is 44.5 Å². The lowest BCUT2D eigenvalue weighted by Crippen LogP contribution is -2.22. The van der Waals surface area contributed by atoms with Gasteiger partial charge in [0.2, 0.25) is 3.79 Å². The number of anilines is 1. The fourth-order valence-corrected chi connectivity index (χ4v) is 2.98. The summed E-state index contributed by atoms with van der Waals surface area (Å²) in [5, 5.41) is 2.82. The van der Waals surface area contributed by atoms with E-state index in [2.05, 4.69) is 5.32 Å². The summed E-state index contributed by atoms with van der Waals surface area (Å²) < 4.78 is 3.37. The van der Waals surface area contributed by atoms with E-state index < -0.39 is 9.89 Å². The summed E-state index contributed by atoms with van der Waals surface area (Å²) in [6.07, 6.45) is 4.05. The second kappa shape index (κ2) is 6.30. The van der Waals surface area contributed by atoms with E-state index in [0.29, 0.717) is 11.8 Å². The van der Waals surface area contributed by atoms with Crippen LogP contribution in [0.15, 0.2) is 0 Å². The van der Waals surface area contributed by atoms with Crippen LogP contribution >= 0.6 is 34.8 Å². The van der Waals surface area contributed by atoms with E-state index in [1.165, 1.54) is 0 Å². The van der Waals surface area contributed by atoms with Gasteiger partial charge in [0.15, 0.2) is 0 Å². The maximum atomic E-state index is 12.0. The zero-order valence-electron chi connectivity index (χ0n) is 13.1. The van der Waals surface area contributed by atoms with Crippen molar-refractivity contribution in [1.29, 1.82) is 0 Å². The molecular formula is C16H19Cl3N2O2. The molecule has 0 saturated heterocycles. The Morgan fingerprint density at radius 2 is 1.61 bits per heavy atom. The van der Waals surface area contributed by atoms with Gasteiger partial charge in [0.25, 0.3) is 0 Å². The van der Waals surface area contributed by atoms with Crippen LogP contribution in [0.25, 0.3) is 0 Å². The van der Waals surface area contributed by atoms with Gasteiger partial charge >= 0.3 is 6.09 Å². The highest BCUT2D eigenvalue weighted by Crippen LogP contribution is 2.47. The average molecular weight is 378 g/mol. The predicted octanol–water partition coefficient (Wildman–Crippen LogP) is 5.37. The van der Waals surface area contributed by atoms with Gasteiger partial charge in [-0.05, 0) is 50.7 Å². The Morgan fingerprint density at radius 1 is 1.13 bits per heavy atom. The average Bonchev–Trinajstić information content (AvgIpc) is 3.32. The van der Waals surface area contributed by atoms with Crippen LogP contribution in [-0.4, -0.2) is 21.5 Å². The first-order chi connectivity index (χ1) is 10.8. The summed E-state index contributed by atoms with van der Waals surface area (Å²) in [5.74, 6) is 1.04. The maximum absolute atomic E-state index is 12.0. The smallest absolute Gasteiger partial charge is 0.411 e. The Bertz CT molecular complexity index is 599. The highest BCUT2D eigenvalue weighted by Gasteiger charge is 2.34. The number of carbonyl (C=O) groups excluding carboxylic acids is 1. The minimum absolute atomic E-state index is 0.294. The maximum Gasteiger partial charge on any atom is 0.411 e. The minimum Gasteiger partial charge on any atom is -0.445 e. The number of hydrogen-bond acceptors (Lipinski definition) is 3. The molecular weight excluding hydrogens is 359 g/mol. The summed E-state index contributed by atoms with van der Waals surface area (Å²) in [5.41, 5.74) is 5.03. The zero-order chi connectivity index (χ0) is 16.8. The number of ether oxygens (including phenoxy) is 1. The van der Waals surface area contributed by atoms with Crippen LogP contribution in [-0.2, 0) is 4.74 Å². The molecule has 1 heterocycles. The number of alkyl halides is 3. The summed E-state index contributed by atoms with van der Waals surface area (Å²) >= 11 is 16.8. The van der Waals surface area contributed by atoms with Crippen molar-refractivity contribution in [2.75, 3.05) is 11.9 Å². The van der Waals surface area contributed by atoms with Gasteiger partial charge in [-0.2, -0.15) is 0 Å². The number of pyridine rings is 1. The van der Waals surface area contributed by atoms with Crippen LogP contribution in [0.2, 0.25) is 0 Å². The molecule has 0 bridgehead atoms. The second-order valence-corrected chi connectivity index (χ2v) is 8.89. The van der Waals surface area contributed by atoms with E-state index in [9.17, 15) is 4.79 Å². The van der Waals surface area contributed by atoms with Crippen molar-refractivity contribution in [1.82, 2.24) is 4.98 Å². The lowest BCUT2D eigenvalue weighted by atomic mass is 10.0. The third-order valence-corrected chi connectivity index (χ3v) is 4.61. The Labute approximate surface area is 150 Å². The second-order valence-electron chi connectivity index (χ2n) is 6.37. The van der Waals surface area contributed by atoms with Crippen molar-refractivity contribution in [3.63, 3.8) is 0 Å². The molecule has 2 saturated carbocycles. The van der Waals surface area contributed by atoms with Gasteiger partial charge in [-0.3, -0.25) is 10.3 Å². The van der Waals surface area contributed by atoms with Crippen molar-refractivity contribution in [2.45, 2.75) is 55.2 Å². The normalized spacial score (nSPS) is 18.0. The van der Waals surface area contributed by atoms with E-state index in [0.717, 1.165) is 53.9 Å². The number of amides is 1. The topological polar surface area (TPSA) is 51.2 Å². The van der Waals surface area contributed by atoms with Gasteiger partial charge in [-0.15, -0.1) is 0 Å². The van der Waals surface area contributed by atoms with Crippen LogP contribution < -0.4 is 5.32 Å². The van der Waals surface area contributed by atoms with E-state index in [-0.39, 0.29) is 6.61 Å². The van der Waals surface area contributed by atoms with Crippen LogP contribution in [0.5, 0.6) is 0 Å². The molecule has 0 aliphatic heterocycles. The minimum atomic E-state index is -1.61. The number of rotatable bonds is 4. The predicted molar refractivity (Wildman–Crippen MR) is 92.9 cm³/mol. The molecule has 0 atom stereocenters. The van der Waals surface area contributed by atoms with Gasteiger partial charge in [-0.25, -0.2) is 4.79 Å². The highest BCUT2D eigenvalue weighted by atomic mass is 35.6. The van der Waals surface area contributed by atoms with Crippen molar-refractivity contribution in [3.8, 4) is 0 Å². The van der Waals surface area contributed by atoms with Crippen LogP contribution in [0, 0.1) is 13.8 Å². The molecule has 0 spiro atoms. The monoisotopic (exact) mass is 376 g/mol. The quantitative estimate of drug-likeness (QED) is 0.717. The van der Waals surface area contributed by atoms with Crippen LogP contribution in [0.4, 0.5) is 10.5 Å². The number of nitrogens with one attached hydrogen (secondary N) is 1.